The predicted molar refractivity (Wildman–Crippen MR) is 97.9 cm³/mol. The zero-order valence-electron chi connectivity index (χ0n) is 15.2. The van der Waals surface area contributed by atoms with Crippen molar-refractivity contribution in [2.45, 2.75) is 31.2 Å². The second-order valence-electron chi connectivity index (χ2n) is 6.36. The molecule has 4 atom stereocenters. The molecule has 2 aromatic carbocycles. The summed E-state index contributed by atoms with van der Waals surface area (Å²) in [5.41, 5.74) is 1.74. The first-order valence-corrected chi connectivity index (χ1v) is 8.86. The van der Waals surface area contributed by atoms with E-state index in [9.17, 15) is 9.90 Å². The van der Waals surface area contributed by atoms with Crippen LogP contribution < -0.4 is 0 Å². The number of ketones is 1. The summed E-state index contributed by atoms with van der Waals surface area (Å²) in [6, 6.07) is 18.9. The Morgan fingerprint density at radius 2 is 1.81 bits per heavy atom. The Bertz CT molecular complexity index is 705. The van der Waals surface area contributed by atoms with Crippen molar-refractivity contribution in [2.24, 2.45) is 0 Å². The lowest BCUT2D eigenvalue weighted by Crippen LogP contribution is -2.52. The zero-order chi connectivity index (χ0) is 19.1. The van der Waals surface area contributed by atoms with Crippen molar-refractivity contribution in [3.63, 3.8) is 0 Å². The molecule has 0 radical (unpaired) electrons. The summed E-state index contributed by atoms with van der Waals surface area (Å²) in [6.45, 7) is 0.156. The molecule has 3 rings (SSSR count). The summed E-state index contributed by atoms with van der Waals surface area (Å²) in [5.74, 6) is -0.286. The fraction of sp³-hybridized carbons (Fsp3) is 0.381. The van der Waals surface area contributed by atoms with Gasteiger partial charge in [0.1, 0.15) is 24.9 Å². The van der Waals surface area contributed by atoms with Gasteiger partial charge in [-0.3, -0.25) is 4.79 Å². The van der Waals surface area contributed by atoms with Crippen molar-refractivity contribution in [2.75, 3.05) is 20.3 Å². The first kappa shape index (κ1) is 19.7. The minimum absolute atomic E-state index is 0.0513. The number of methoxy groups -OCH3 is 1. The van der Waals surface area contributed by atoms with Crippen molar-refractivity contribution >= 4 is 5.78 Å². The largest absolute Gasteiger partial charge is 0.388 e. The molecular weight excluding hydrogens is 348 g/mol. The van der Waals surface area contributed by atoms with E-state index in [4.69, 9.17) is 18.9 Å². The van der Waals surface area contributed by atoms with E-state index >= 15 is 0 Å². The SMILES string of the molecule is COCC(=O)[C@@H](OCc1ccccc1)[C@@H]1O[C@H](c2ccccc2)OC[C@H]1O. The van der Waals surface area contributed by atoms with Crippen LogP contribution in [0, 0.1) is 0 Å². The number of benzene rings is 2. The van der Waals surface area contributed by atoms with Gasteiger partial charge >= 0.3 is 0 Å². The Morgan fingerprint density at radius 1 is 1.15 bits per heavy atom. The fourth-order valence-electron chi connectivity index (χ4n) is 2.97. The van der Waals surface area contributed by atoms with Crippen molar-refractivity contribution in [3.8, 4) is 0 Å². The summed E-state index contributed by atoms with van der Waals surface area (Å²) in [4.78, 5) is 12.6. The molecule has 1 N–H and O–H groups in total. The Morgan fingerprint density at radius 3 is 2.48 bits per heavy atom. The molecule has 144 valence electrons. The van der Waals surface area contributed by atoms with Crippen LogP contribution in [0.5, 0.6) is 0 Å². The van der Waals surface area contributed by atoms with E-state index in [0.29, 0.717) is 0 Å². The van der Waals surface area contributed by atoms with Crippen LogP contribution in [0.1, 0.15) is 17.4 Å². The molecule has 0 saturated carbocycles. The van der Waals surface area contributed by atoms with E-state index in [1.807, 2.05) is 60.7 Å². The van der Waals surface area contributed by atoms with Gasteiger partial charge in [-0.05, 0) is 5.56 Å². The topological polar surface area (TPSA) is 74.2 Å². The molecule has 0 spiro atoms. The van der Waals surface area contributed by atoms with Gasteiger partial charge in [-0.25, -0.2) is 0 Å². The molecule has 6 nitrogen and oxygen atoms in total. The van der Waals surface area contributed by atoms with Crippen LogP contribution in [0.15, 0.2) is 60.7 Å². The molecule has 0 amide bonds. The van der Waals surface area contributed by atoms with Gasteiger partial charge in [0.05, 0.1) is 13.2 Å². The zero-order valence-corrected chi connectivity index (χ0v) is 15.2. The molecule has 0 aromatic heterocycles. The Hall–Kier alpha value is -2.09. The summed E-state index contributed by atoms with van der Waals surface area (Å²) in [5, 5.41) is 10.4. The van der Waals surface area contributed by atoms with Crippen molar-refractivity contribution in [1.29, 1.82) is 0 Å². The predicted octanol–water partition coefficient (Wildman–Crippen LogP) is 2.26. The number of rotatable bonds is 8. The van der Waals surface area contributed by atoms with Gasteiger partial charge in [-0.2, -0.15) is 0 Å². The van der Waals surface area contributed by atoms with Crippen LogP contribution >= 0.6 is 0 Å². The van der Waals surface area contributed by atoms with Gasteiger partial charge < -0.3 is 24.1 Å². The highest BCUT2D eigenvalue weighted by Crippen LogP contribution is 2.29. The highest BCUT2D eigenvalue weighted by atomic mass is 16.7. The van der Waals surface area contributed by atoms with Gasteiger partial charge in [0.15, 0.2) is 12.1 Å². The molecule has 1 aliphatic rings. The fourth-order valence-corrected chi connectivity index (χ4v) is 2.97. The molecule has 1 aliphatic heterocycles. The maximum atomic E-state index is 12.6. The van der Waals surface area contributed by atoms with Crippen LogP contribution in [0.2, 0.25) is 0 Å². The molecule has 0 aliphatic carbocycles. The number of aliphatic hydroxyl groups is 1. The number of ether oxygens (including phenoxy) is 4. The molecule has 1 fully saturated rings. The monoisotopic (exact) mass is 372 g/mol. The van der Waals surface area contributed by atoms with E-state index in [0.717, 1.165) is 11.1 Å². The summed E-state index contributed by atoms with van der Waals surface area (Å²) >= 11 is 0. The lowest BCUT2D eigenvalue weighted by atomic mass is 10.0. The standard InChI is InChI=1S/C21H24O6/c1-24-13-17(22)19(25-12-15-8-4-2-5-9-15)20-18(23)14-26-21(27-20)16-10-6-3-7-11-16/h2-11,18-21,23H,12-14H2,1H3/t18-,19-,20-,21-/m1/s1. The number of carbonyl (C=O) groups is 1. The Labute approximate surface area is 158 Å². The highest BCUT2D eigenvalue weighted by Gasteiger charge is 2.41. The van der Waals surface area contributed by atoms with Crippen LogP contribution in [0.4, 0.5) is 0 Å². The summed E-state index contributed by atoms with van der Waals surface area (Å²) in [6.07, 6.45) is -3.46. The molecule has 0 unspecified atom stereocenters. The lowest BCUT2D eigenvalue weighted by Gasteiger charge is -2.37. The maximum absolute atomic E-state index is 12.6. The van der Waals surface area contributed by atoms with Gasteiger partial charge in [0.2, 0.25) is 0 Å². The minimum Gasteiger partial charge on any atom is -0.388 e. The first-order valence-electron chi connectivity index (χ1n) is 8.86. The average Bonchev–Trinajstić information content (AvgIpc) is 2.71. The third-order valence-electron chi connectivity index (χ3n) is 4.32. The molecule has 6 heteroatoms. The van der Waals surface area contributed by atoms with E-state index in [1.165, 1.54) is 7.11 Å². The van der Waals surface area contributed by atoms with Gasteiger partial charge in [0.25, 0.3) is 0 Å². The third kappa shape index (κ3) is 5.22. The number of Topliss-reactive ketones (excluding diaryl/α,β-unsaturated/α-hetero) is 1. The first-order chi connectivity index (χ1) is 13.2. The Kier molecular flexibility index (Phi) is 7.09. The second kappa shape index (κ2) is 9.73. The van der Waals surface area contributed by atoms with Crippen molar-refractivity contribution in [1.82, 2.24) is 0 Å². The molecule has 1 heterocycles. The summed E-state index contributed by atoms with van der Waals surface area (Å²) in [7, 11) is 1.44. The molecule has 1 saturated heterocycles. The third-order valence-corrected chi connectivity index (χ3v) is 4.32. The van der Waals surface area contributed by atoms with Crippen LogP contribution in [0.25, 0.3) is 0 Å². The van der Waals surface area contributed by atoms with Crippen molar-refractivity contribution < 1.29 is 28.8 Å². The number of hydrogen-bond acceptors (Lipinski definition) is 6. The van der Waals surface area contributed by atoms with Crippen molar-refractivity contribution in [3.05, 3.63) is 71.8 Å². The van der Waals surface area contributed by atoms with E-state index < -0.39 is 24.6 Å². The van der Waals surface area contributed by atoms with Gasteiger partial charge in [0, 0.05) is 12.7 Å². The van der Waals surface area contributed by atoms with Crippen LogP contribution in [-0.4, -0.2) is 49.5 Å². The number of hydrogen-bond donors (Lipinski definition) is 1. The van der Waals surface area contributed by atoms with Gasteiger partial charge in [-0.15, -0.1) is 0 Å². The molecule has 2 aromatic rings. The maximum Gasteiger partial charge on any atom is 0.189 e. The quantitative estimate of drug-likeness (QED) is 0.766. The smallest absolute Gasteiger partial charge is 0.189 e. The van der Waals surface area contributed by atoms with Crippen LogP contribution in [0.3, 0.4) is 0 Å². The number of aliphatic hydroxyl groups excluding tert-OH is 1. The van der Waals surface area contributed by atoms with E-state index in [1.54, 1.807) is 0 Å². The lowest BCUT2D eigenvalue weighted by molar-refractivity contribution is -0.277. The average molecular weight is 372 g/mol. The normalized spacial score (nSPS) is 23.7. The molecular formula is C21H24O6. The minimum atomic E-state index is -0.980. The Balaban J connectivity index is 1.75. The number of carbonyl (C=O) groups excluding carboxylic acids is 1. The van der Waals surface area contributed by atoms with E-state index in [2.05, 4.69) is 0 Å². The molecule has 27 heavy (non-hydrogen) atoms. The van der Waals surface area contributed by atoms with Gasteiger partial charge in [-0.1, -0.05) is 60.7 Å². The highest BCUT2D eigenvalue weighted by molar-refractivity contribution is 5.85. The summed E-state index contributed by atoms with van der Waals surface area (Å²) < 4.78 is 22.4. The second-order valence-corrected chi connectivity index (χ2v) is 6.36. The van der Waals surface area contributed by atoms with E-state index in [-0.39, 0.29) is 25.6 Å². The molecule has 0 bridgehead atoms. The van der Waals surface area contributed by atoms with Crippen LogP contribution in [-0.2, 0) is 30.3 Å².